The van der Waals surface area contributed by atoms with E-state index in [1.54, 1.807) is 16.4 Å². The van der Waals surface area contributed by atoms with Crippen molar-refractivity contribution in [1.29, 1.82) is 0 Å². The molecule has 8 heteroatoms. The number of sulfonamides is 1. The van der Waals surface area contributed by atoms with Crippen LogP contribution in [-0.4, -0.2) is 49.0 Å². The summed E-state index contributed by atoms with van der Waals surface area (Å²) in [7, 11) is -3.56. The highest BCUT2D eigenvalue weighted by molar-refractivity contribution is 7.91. The first-order valence-corrected chi connectivity index (χ1v) is 13.2. The number of aryl methyl sites for hydroxylation is 1. The first-order valence-electron chi connectivity index (χ1n) is 10.9. The maximum atomic E-state index is 13.3. The third kappa shape index (κ3) is 4.52. The van der Waals surface area contributed by atoms with Crippen molar-refractivity contribution in [3.8, 4) is 10.6 Å². The summed E-state index contributed by atoms with van der Waals surface area (Å²) in [6.07, 6.45) is 0. The van der Waals surface area contributed by atoms with Gasteiger partial charge in [0.15, 0.2) is 5.76 Å². The number of rotatable bonds is 6. The molecule has 0 atom stereocenters. The molecule has 170 valence electrons. The van der Waals surface area contributed by atoms with Crippen molar-refractivity contribution in [1.82, 2.24) is 14.4 Å². The molecular weight excluding hydrogens is 454 g/mol. The second-order valence-electron chi connectivity index (χ2n) is 8.12. The van der Waals surface area contributed by atoms with Crippen LogP contribution in [0.25, 0.3) is 10.6 Å². The summed E-state index contributed by atoms with van der Waals surface area (Å²) in [5, 5.41) is 3.90. The molecule has 0 N–H and O–H groups in total. The van der Waals surface area contributed by atoms with E-state index in [9.17, 15) is 8.42 Å². The summed E-state index contributed by atoms with van der Waals surface area (Å²) < 4.78 is 33.9. The van der Waals surface area contributed by atoms with E-state index in [1.165, 1.54) is 22.5 Å². The largest absolute Gasteiger partial charge is 0.355 e. The van der Waals surface area contributed by atoms with Crippen molar-refractivity contribution in [2.24, 2.45) is 0 Å². The Hall–Kier alpha value is -2.78. The zero-order valence-electron chi connectivity index (χ0n) is 18.3. The number of benzene rings is 2. The van der Waals surface area contributed by atoms with Crippen LogP contribution in [0, 0.1) is 6.92 Å². The molecule has 2 aromatic carbocycles. The minimum atomic E-state index is -3.56. The highest BCUT2D eigenvalue weighted by Gasteiger charge is 2.33. The van der Waals surface area contributed by atoms with Gasteiger partial charge in [-0.3, -0.25) is 4.90 Å². The van der Waals surface area contributed by atoms with Crippen molar-refractivity contribution in [2.75, 3.05) is 26.2 Å². The molecule has 0 radical (unpaired) electrons. The zero-order chi connectivity index (χ0) is 22.8. The SMILES string of the molecule is Cc1cc(-c2ccc(S(=O)(=O)N3CCN(C(c4ccccc4)c4ccccc4)CC3)s2)on1. The van der Waals surface area contributed by atoms with Gasteiger partial charge in [0, 0.05) is 32.2 Å². The third-order valence-electron chi connectivity index (χ3n) is 5.92. The van der Waals surface area contributed by atoms with E-state index in [2.05, 4.69) is 58.6 Å². The van der Waals surface area contributed by atoms with Crippen LogP contribution in [0.1, 0.15) is 22.9 Å². The van der Waals surface area contributed by atoms with E-state index in [0.717, 1.165) is 10.6 Å². The van der Waals surface area contributed by atoms with Gasteiger partial charge >= 0.3 is 0 Å². The Morgan fingerprint density at radius 1 is 0.879 bits per heavy atom. The monoisotopic (exact) mass is 479 g/mol. The molecule has 1 fully saturated rings. The van der Waals surface area contributed by atoms with E-state index >= 15 is 0 Å². The lowest BCUT2D eigenvalue weighted by atomic mass is 9.96. The van der Waals surface area contributed by atoms with Gasteiger partial charge in [0.1, 0.15) is 4.21 Å². The minimum Gasteiger partial charge on any atom is -0.355 e. The summed E-state index contributed by atoms with van der Waals surface area (Å²) in [6.45, 7) is 4.07. The van der Waals surface area contributed by atoms with Gasteiger partial charge in [-0.15, -0.1) is 11.3 Å². The number of aromatic nitrogens is 1. The third-order valence-corrected chi connectivity index (χ3v) is 9.38. The van der Waals surface area contributed by atoms with E-state index < -0.39 is 10.0 Å². The molecule has 1 saturated heterocycles. The molecule has 0 spiro atoms. The van der Waals surface area contributed by atoms with Crippen LogP contribution in [0.3, 0.4) is 0 Å². The van der Waals surface area contributed by atoms with Crippen molar-refractivity contribution in [3.63, 3.8) is 0 Å². The molecule has 0 bridgehead atoms. The van der Waals surface area contributed by atoms with Crippen LogP contribution >= 0.6 is 11.3 Å². The molecule has 1 aliphatic rings. The molecule has 1 aliphatic heterocycles. The number of hydrogen-bond donors (Lipinski definition) is 0. The fourth-order valence-corrected chi connectivity index (χ4v) is 7.12. The van der Waals surface area contributed by atoms with Gasteiger partial charge in [-0.1, -0.05) is 65.8 Å². The Morgan fingerprint density at radius 3 is 2.03 bits per heavy atom. The standard InChI is InChI=1S/C25H25N3O3S2/c1-19-18-22(31-26-19)23-12-13-24(32-23)33(29,30)28-16-14-27(15-17-28)25(20-8-4-2-5-9-20)21-10-6-3-7-11-21/h2-13,18,25H,14-17H2,1H3. The van der Waals surface area contributed by atoms with Gasteiger partial charge in [0.05, 0.1) is 16.6 Å². The van der Waals surface area contributed by atoms with E-state index in [0.29, 0.717) is 36.1 Å². The van der Waals surface area contributed by atoms with Crippen molar-refractivity contribution in [2.45, 2.75) is 17.2 Å². The Kier molecular flexibility index (Phi) is 6.16. The van der Waals surface area contributed by atoms with Gasteiger partial charge in [0.25, 0.3) is 10.0 Å². The fourth-order valence-electron chi connectivity index (χ4n) is 4.29. The molecule has 5 rings (SSSR count). The average Bonchev–Trinajstić information content (AvgIpc) is 3.51. The predicted octanol–water partition coefficient (Wildman–Crippen LogP) is 4.81. The van der Waals surface area contributed by atoms with Crippen LogP contribution in [0.15, 0.2) is 87.6 Å². The summed E-state index contributed by atoms with van der Waals surface area (Å²) in [5.41, 5.74) is 3.20. The van der Waals surface area contributed by atoms with Gasteiger partial charge in [0.2, 0.25) is 0 Å². The highest BCUT2D eigenvalue weighted by atomic mass is 32.2. The van der Waals surface area contributed by atoms with Crippen molar-refractivity contribution in [3.05, 3.63) is 95.7 Å². The van der Waals surface area contributed by atoms with Crippen LogP contribution in [-0.2, 0) is 10.0 Å². The molecule has 0 unspecified atom stereocenters. The first kappa shape index (κ1) is 22.0. The van der Waals surface area contributed by atoms with E-state index in [4.69, 9.17) is 4.52 Å². The number of hydrogen-bond acceptors (Lipinski definition) is 6. The maximum absolute atomic E-state index is 13.3. The molecule has 2 aromatic heterocycles. The fraction of sp³-hybridized carbons (Fsp3) is 0.240. The summed E-state index contributed by atoms with van der Waals surface area (Å²) in [5.74, 6) is 0.595. The molecule has 6 nitrogen and oxygen atoms in total. The molecule has 33 heavy (non-hydrogen) atoms. The number of thiophene rings is 1. The normalized spacial score (nSPS) is 15.8. The van der Waals surface area contributed by atoms with E-state index in [1.807, 2.05) is 25.1 Å². The first-order chi connectivity index (χ1) is 16.0. The van der Waals surface area contributed by atoms with Crippen LogP contribution in [0.5, 0.6) is 0 Å². The topological polar surface area (TPSA) is 66.7 Å². The molecule has 0 aliphatic carbocycles. The number of nitrogens with zero attached hydrogens (tertiary/aromatic N) is 3. The zero-order valence-corrected chi connectivity index (χ0v) is 19.9. The van der Waals surface area contributed by atoms with E-state index in [-0.39, 0.29) is 6.04 Å². The minimum absolute atomic E-state index is 0.0975. The molecule has 0 amide bonds. The molecule has 3 heterocycles. The van der Waals surface area contributed by atoms with Gasteiger partial charge in [-0.25, -0.2) is 8.42 Å². The summed E-state index contributed by atoms with van der Waals surface area (Å²) >= 11 is 1.22. The Labute approximate surface area is 198 Å². The second kappa shape index (κ2) is 9.23. The van der Waals surface area contributed by atoms with Crippen molar-refractivity contribution < 1.29 is 12.9 Å². The smallest absolute Gasteiger partial charge is 0.252 e. The van der Waals surface area contributed by atoms with Crippen LogP contribution in [0.2, 0.25) is 0 Å². The van der Waals surface area contributed by atoms with Crippen LogP contribution < -0.4 is 0 Å². The summed E-state index contributed by atoms with van der Waals surface area (Å²) in [4.78, 5) is 3.13. The van der Waals surface area contributed by atoms with Gasteiger partial charge < -0.3 is 4.52 Å². The average molecular weight is 480 g/mol. The Morgan fingerprint density at radius 2 is 1.48 bits per heavy atom. The van der Waals surface area contributed by atoms with Gasteiger partial charge in [-0.2, -0.15) is 4.31 Å². The lowest BCUT2D eigenvalue weighted by Crippen LogP contribution is -2.49. The lowest BCUT2D eigenvalue weighted by molar-refractivity contribution is 0.156. The summed E-state index contributed by atoms with van der Waals surface area (Å²) in [6, 6.07) is 26.2. The quantitative estimate of drug-likeness (QED) is 0.397. The highest BCUT2D eigenvalue weighted by Crippen LogP contribution is 2.34. The Bertz CT molecular complexity index is 1270. The maximum Gasteiger partial charge on any atom is 0.252 e. The lowest BCUT2D eigenvalue weighted by Gasteiger charge is -2.39. The Balaban J connectivity index is 1.34. The van der Waals surface area contributed by atoms with Gasteiger partial charge in [-0.05, 0) is 30.2 Å². The second-order valence-corrected chi connectivity index (χ2v) is 11.4. The van der Waals surface area contributed by atoms with Crippen molar-refractivity contribution >= 4 is 21.4 Å². The van der Waals surface area contributed by atoms with Crippen LogP contribution in [0.4, 0.5) is 0 Å². The number of piperazine rings is 1. The molecule has 4 aromatic rings. The predicted molar refractivity (Wildman–Crippen MR) is 130 cm³/mol. The molecular formula is C25H25N3O3S2. The molecule has 0 saturated carbocycles.